The molecule has 3 fully saturated rings. The van der Waals surface area contributed by atoms with Crippen LogP contribution in [0.4, 0.5) is 11.4 Å². The normalized spacial score (nSPS) is 20.3. The molecule has 2 aromatic rings. The number of hydrogen-bond acceptors (Lipinski definition) is 18. The Morgan fingerprint density at radius 3 is 1.95 bits per heavy atom. The van der Waals surface area contributed by atoms with Gasteiger partial charge in [0, 0.05) is 107 Å². The van der Waals surface area contributed by atoms with Crippen LogP contribution in [0.2, 0.25) is 0 Å². The fourth-order valence-corrected chi connectivity index (χ4v) is 16.8. The van der Waals surface area contributed by atoms with E-state index in [1.165, 1.54) is 38.2 Å². The van der Waals surface area contributed by atoms with E-state index in [1.807, 2.05) is 61.3 Å². The highest BCUT2D eigenvalue weighted by Gasteiger charge is 2.47. The van der Waals surface area contributed by atoms with E-state index >= 15 is 0 Å². The number of aliphatic imine (C=N–C) groups is 1. The maximum atomic E-state index is 14.3. The van der Waals surface area contributed by atoms with Crippen molar-refractivity contribution in [1.29, 1.82) is 0 Å². The molecule has 105 heavy (non-hydrogen) atoms. The summed E-state index contributed by atoms with van der Waals surface area (Å²) >= 11 is 0. The first-order chi connectivity index (χ1) is 49.5. The van der Waals surface area contributed by atoms with Crippen LogP contribution in [0.25, 0.3) is 0 Å². The van der Waals surface area contributed by atoms with Crippen LogP contribution in [0, 0.1) is 0 Å². The summed E-state index contributed by atoms with van der Waals surface area (Å²) in [7, 11) is -11.3. The Labute approximate surface area is 616 Å². The molecule has 580 valence electrons. The number of nitrogens with one attached hydrogen (secondary N) is 4. The molecular formula is C71H106N14O17S3. The summed E-state index contributed by atoms with van der Waals surface area (Å²) in [6.45, 7) is 12.0. The van der Waals surface area contributed by atoms with Gasteiger partial charge in [0.05, 0.1) is 28.1 Å². The highest BCUT2D eigenvalue weighted by molar-refractivity contribution is 7.89. The number of carboxylic acid groups (broad SMARTS) is 1. The Balaban J connectivity index is 0.818. The number of carbonyl (C=O) groups is 8. The Hall–Kier alpha value is -8.28. The van der Waals surface area contributed by atoms with E-state index in [2.05, 4.69) is 58.0 Å². The van der Waals surface area contributed by atoms with Gasteiger partial charge >= 0.3 is 5.97 Å². The number of benzene rings is 2. The van der Waals surface area contributed by atoms with Crippen molar-refractivity contribution in [3.05, 3.63) is 95.8 Å². The first-order valence-corrected chi connectivity index (χ1v) is 40.5. The molecule has 6 atom stereocenters. The maximum absolute atomic E-state index is 14.3. The number of allylic oxidation sites excluding steroid dienone is 7. The van der Waals surface area contributed by atoms with E-state index < -0.39 is 113 Å². The van der Waals surface area contributed by atoms with Gasteiger partial charge in [-0.1, -0.05) is 71.1 Å². The molecule has 5 aliphatic rings. The fourth-order valence-electron chi connectivity index (χ4n) is 14.6. The summed E-state index contributed by atoms with van der Waals surface area (Å²) in [6.07, 6.45) is 18.4. The zero-order valence-corrected chi connectivity index (χ0v) is 63.4. The number of carboxylic acids is 1. The second-order valence-corrected chi connectivity index (χ2v) is 33.3. The minimum atomic E-state index is -4.50. The van der Waals surface area contributed by atoms with Crippen LogP contribution in [-0.4, -0.2) is 226 Å². The first-order valence-electron chi connectivity index (χ1n) is 36.0. The van der Waals surface area contributed by atoms with Crippen LogP contribution in [0.3, 0.4) is 0 Å². The largest absolute Gasteiger partial charge is 0.480 e. The molecular weight excluding hydrogens is 1420 g/mol. The first kappa shape index (κ1) is 84.0. The van der Waals surface area contributed by atoms with Crippen LogP contribution in [0.15, 0.2) is 99.4 Å². The number of anilines is 2. The van der Waals surface area contributed by atoms with Crippen LogP contribution < -0.4 is 48.3 Å². The lowest BCUT2D eigenvalue weighted by atomic mass is 9.80. The van der Waals surface area contributed by atoms with Crippen molar-refractivity contribution < 1.29 is 77.8 Å². The molecule has 31 nitrogen and oxygen atoms in total. The van der Waals surface area contributed by atoms with Gasteiger partial charge in [-0.2, -0.15) is 16.8 Å². The average molecular weight is 1520 g/mol. The van der Waals surface area contributed by atoms with E-state index in [0.717, 1.165) is 23.4 Å². The third kappa shape index (κ3) is 21.9. The van der Waals surface area contributed by atoms with Gasteiger partial charge in [-0.25, -0.2) is 17.5 Å². The Morgan fingerprint density at radius 2 is 1.29 bits per heavy atom. The minimum absolute atomic E-state index is 0.0273. The Kier molecular flexibility index (Phi) is 29.8. The number of aliphatic carboxylic acids is 1. The lowest BCUT2D eigenvalue weighted by Gasteiger charge is -2.33. The van der Waals surface area contributed by atoms with Gasteiger partial charge in [0.25, 0.3) is 20.2 Å². The van der Waals surface area contributed by atoms with Crippen LogP contribution in [0.1, 0.15) is 155 Å². The molecule has 0 aliphatic carbocycles. The van der Waals surface area contributed by atoms with Crippen molar-refractivity contribution >= 4 is 94.9 Å². The van der Waals surface area contributed by atoms with E-state index in [-0.39, 0.29) is 131 Å². The predicted molar refractivity (Wildman–Crippen MR) is 397 cm³/mol. The molecule has 0 bridgehead atoms. The van der Waals surface area contributed by atoms with Crippen LogP contribution in [-0.2, 0) is 79.4 Å². The van der Waals surface area contributed by atoms with Gasteiger partial charge in [0.15, 0.2) is 5.96 Å². The molecule has 0 saturated carbocycles. The third-order valence-corrected chi connectivity index (χ3v) is 23.6. The average Bonchev–Trinajstić information content (AvgIpc) is 1.59. The summed E-state index contributed by atoms with van der Waals surface area (Å²) in [6, 6.07) is 4.46. The van der Waals surface area contributed by atoms with Gasteiger partial charge in [-0.15, -0.1) is 0 Å². The molecule has 2 aromatic carbocycles. The van der Waals surface area contributed by atoms with E-state index in [9.17, 15) is 77.8 Å². The highest BCUT2D eigenvalue weighted by atomic mass is 32.2. The molecule has 0 aromatic heterocycles. The molecule has 5 heterocycles. The monoisotopic (exact) mass is 1520 g/mol. The van der Waals surface area contributed by atoms with Crippen molar-refractivity contribution in [3.63, 3.8) is 0 Å². The Morgan fingerprint density at radius 1 is 0.676 bits per heavy atom. The second kappa shape index (κ2) is 37.3. The Bertz CT molecular complexity index is 4010. The van der Waals surface area contributed by atoms with Gasteiger partial charge in [0.2, 0.25) is 51.4 Å². The predicted octanol–water partition coefficient (Wildman–Crippen LogP) is 3.06. The summed E-state index contributed by atoms with van der Waals surface area (Å²) in [5, 5.41) is 20.9. The zero-order chi connectivity index (χ0) is 77.2. The van der Waals surface area contributed by atoms with Gasteiger partial charge < -0.3 is 68.1 Å². The summed E-state index contributed by atoms with van der Waals surface area (Å²) < 4.78 is 95.8. The smallest absolute Gasteiger partial charge is 0.326 e. The van der Waals surface area contributed by atoms with Gasteiger partial charge in [-0.3, -0.25) is 47.7 Å². The molecule has 3 saturated heterocycles. The summed E-state index contributed by atoms with van der Waals surface area (Å²) in [5.74, 6) is -4.91. The van der Waals surface area contributed by atoms with Crippen molar-refractivity contribution in [2.45, 2.75) is 201 Å². The second-order valence-electron chi connectivity index (χ2n) is 28.3. The zero-order valence-electron chi connectivity index (χ0n) is 60.9. The van der Waals surface area contributed by atoms with Crippen molar-refractivity contribution in [2.24, 2.45) is 22.2 Å². The van der Waals surface area contributed by atoms with Crippen molar-refractivity contribution in [1.82, 2.24) is 40.3 Å². The number of amides is 7. The summed E-state index contributed by atoms with van der Waals surface area (Å²) in [5.41, 5.74) is 19.1. The lowest BCUT2D eigenvalue weighted by molar-refractivity contribution is -0.148. The molecule has 1 unspecified atom stereocenters. The lowest BCUT2D eigenvalue weighted by Crippen LogP contribution is -2.58. The molecule has 0 spiro atoms. The number of rotatable bonds is 38. The minimum Gasteiger partial charge on any atom is -0.480 e. The number of fused-ring (bicyclic) bond motifs is 2. The molecule has 13 N–H and O–H groups in total. The highest BCUT2D eigenvalue weighted by Crippen LogP contribution is 2.49. The van der Waals surface area contributed by atoms with Crippen LogP contribution >= 0.6 is 0 Å². The van der Waals surface area contributed by atoms with Crippen LogP contribution in [0.5, 0.6) is 0 Å². The topological polar surface area (TPSA) is 458 Å². The molecule has 7 amide bonds. The maximum Gasteiger partial charge on any atom is 0.326 e. The molecule has 5 aliphatic heterocycles. The quantitative estimate of drug-likeness (QED) is 0.0152. The number of likely N-dealkylation sites (tertiary alicyclic amines) is 3. The fraction of sp³-hybridized carbons (Fsp3) is 0.592. The van der Waals surface area contributed by atoms with Gasteiger partial charge in [0.1, 0.15) is 30.2 Å². The van der Waals surface area contributed by atoms with Gasteiger partial charge in [-0.05, 0) is 150 Å². The summed E-state index contributed by atoms with van der Waals surface area (Å²) in [4.78, 5) is 119. The molecule has 7 rings (SSSR count). The molecule has 34 heteroatoms. The van der Waals surface area contributed by atoms with E-state index in [0.29, 0.717) is 82.1 Å². The van der Waals surface area contributed by atoms with E-state index in [4.69, 9.17) is 17.2 Å². The number of carbonyl (C=O) groups excluding carboxylic acids is 7. The van der Waals surface area contributed by atoms with E-state index in [1.54, 1.807) is 18.2 Å². The van der Waals surface area contributed by atoms with Crippen molar-refractivity contribution in [2.75, 3.05) is 88.0 Å². The number of nitrogens with two attached hydrogens (primary N) is 3. The number of nitrogens with zero attached hydrogens (tertiary/aromatic N) is 7. The standard InChI is InChI=1S/C71H106N14O17S3/c1-7-38-81-54-33-31-48(45-50(54)70(2,3)59(81)27-11-9-8-10-12-28-60-71(4,5)51-46-49(105(100,101)102)32-34-55(51)82(60)43-21-44-103(95,96)97)104(98,99)80(6)39-20-30-61(86)75-35-14-13-22-53(68(93)94)78-62(87)29-16-36-76-64(89)56-24-18-41-84(56)67(92)58-26-19-42-85(58)66(91)52(23-15-37-77-69(73)74)79-65(90)57-25-17-40-83(57)63(88)47-72/h8-12,27-28,31-34,45-46,52-53,56-59H,7,13-26,29-30,35-44,47,72H2,1-6H3,(H,75,86)(H,76,89)(H,78,87)(H,79,90)(H,93,94)(H4,73,74,77)(H,95,96,97)(H,100,101,102)/b9-8+,12-10+,27-11+,60-28+/t52-,53-,56-,57-,58-,59?/m0/s1. The third-order valence-electron chi connectivity index (χ3n) is 20.1. The number of hydrogen-bond donors (Lipinski definition) is 10. The van der Waals surface area contributed by atoms with Crippen molar-refractivity contribution in [3.8, 4) is 0 Å². The number of sulfonamides is 1. The number of unbranched alkanes of at least 4 members (excludes halogenated alkanes) is 1. The SMILES string of the molecule is CCCN1c2ccc(S(=O)(=O)N(C)CCCC(=O)NCCCC[C@H](NC(=O)CCCNC(=O)[C@@H]3CCCN3C(=O)[C@@H]3CCCN3C(=O)[C@H](CCCN=C(N)N)NC(=O)[C@@H]3CCCN3C(=O)CN)C(=O)O)cc2C(C)(C)C1/C=C/C=C/C=C/C=C1/N(CCCS(=O)(=O)O)c2ccc(S(=O)(=O)O)cc2C1(C)C. The molecule has 0 radical (unpaired) electrons. The number of guanidine groups is 1.